The predicted octanol–water partition coefficient (Wildman–Crippen LogP) is 0.983. The Hall–Kier alpha value is -2.30. The number of ether oxygens (including phenoxy) is 1. The molecule has 21 heavy (non-hydrogen) atoms. The summed E-state index contributed by atoms with van der Waals surface area (Å²) in [5, 5.41) is 2.76. The van der Waals surface area contributed by atoms with Gasteiger partial charge in [0.1, 0.15) is 5.75 Å². The summed E-state index contributed by atoms with van der Waals surface area (Å²) in [7, 11) is 0. The molecule has 2 heterocycles. The molecule has 1 aromatic carbocycles. The Balaban J connectivity index is 1.65. The van der Waals surface area contributed by atoms with Crippen molar-refractivity contribution in [3.8, 4) is 5.75 Å². The molecule has 1 fully saturated rings. The summed E-state index contributed by atoms with van der Waals surface area (Å²) < 4.78 is 5.46. The van der Waals surface area contributed by atoms with E-state index < -0.39 is 0 Å². The molecule has 1 saturated heterocycles. The van der Waals surface area contributed by atoms with Gasteiger partial charge in [0.05, 0.1) is 6.61 Å². The van der Waals surface area contributed by atoms with Crippen LogP contribution in [0.3, 0.4) is 0 Å². The van der Waals surface area contributed by atoms with Gasteiger partial charge in [-0.3, -0.25) is 9.59 Å². The van der Waals surface area contributed by atoms with Crippen LogP contribution in [-0.2, 0) is 16.0 Å². The Kier molecular flexibility index (Phi) is 3.90. The molecule has 0 spiro atoms. The molecule has 2 amide bonds. The third kappa shape index (κ3) is 3.24. The van der Waals surface area contributed by atoms with E-state index in [0.29, 0.717) is 26.1 Å². The highest BCUT2D eigenvalue weighted by Crippen LogP contribution is 2.26. The third-order valence-corrected chi connectivity index (χ3v) is 3.76. The van der Waals surface area contributed by atoms with Gasteiger partial charge in [-0.2, -0.15) is 0 Å². The van der Waals surface area contributed by atoms with E-state index in [-0.39, 0.29) is 11.8 Å². The minimum atomic E-state index is -0.0525. The topological polar surface area (TPSA) is 58.6 Å². The lowest BCUT2D eigenvalue weighted by molar-refractivity contribution is -0.125. The second-order valence-electron chi connectivity index (χ2n) is 5.22. The van der Waals surface area contributed by atoms with Crippen LogP contribution < -0.4 is 10.1 Å². The van der Waals surface area contributed by atoms with Gasteiger partial charge in [0.25, 0.3) is 0 Å². The zero-order valence-electron chi connectivity index (χ0n) is 11.8. The number of rotatable bonds is 2. The number of nitrogens with one attached hydrogen (secondary N) is 1. The van der Waals surface area contributed by atoms with E-state index in [4.69, 9.17) is 4.74 Å². The van der Waals surface area contributed by atoms with Gasteiger partial charge in [-0.05, 0) is 29.3 Å². The highest BCUT2D eigenvalue weighted by Gasteiger charge is 2.16. The second kappa shape index (κ2) is 5.99. The fraction of sp³-hybridized carbons (Fsp3) is 0.375. The van der Waals surface area contributed by atoms with Gasteiger partial charge in [0.2, 0.25) is 11.8 Å². The number of carbonyl (C=O) groups is 2. The Bertz CT molecular complexity index is 595. The summed E-state index contributed by atoms with van der Waals surface area (Å²) in [6.07, 6.45) is 4.69. The van der Waals surface area contributed by atoms with Crippen molar-refractivity contribution < 1.29 is 14.3 Å². The highest BCUT2D eigenvalue weighted by atomic mass is 16.5. The molecule has 1 aromatic rings. The molecule has 3 rings (SSSR count). The fourth-order valence-electron chi connectivity index (χ4n) is 2.57. The monoisotopic (exact) mass is 286 g/mol. The lowest BCUT2D eigenvalue weighted by atomic mass is 10.1. The predicted molar refractivity (Wildman–Crippen MR) is 78.9 cm³/mol. The van der Waals surface area contributed by atoms with Crippen LogP contribution in [0.4, 0.5) is 0 Å². The maximum absolute atomic E-state index is 12.1. The summed E-state index contributed by atoms with van der Waals surface area (Å²) in [5.41, 5.74) is 2.19. The number of carbonyl (C=O) groups excluding carboxylic acids is 2. The first-order valence-electron chi connectivity index (χ1n) is 7.22. The van der Waals surface area contributed by atoms with E-state index in [1.165, 1.54) is 5.56 Å². The number of hydrogen-bond acceptors (Lipinski definition) is 3. The minimum absolute atomic E-state index is 0.00732. The summed E-state index contributed by atoms with van der Waals surface area (Å²) in [4.78, 5) is 25.1. The molecule has 0 unspecified atom stereocenters. The standard InChI is InChI=1S/C16H18N2O3/c19-15-5-8-18(9-7-17-15)16(20)4-2-12-1-3-14-13(11-12)6-10-21-14/h1-4,11H,5-10H2,(H,17,19). The summed E-state index contributed by atoms with van der Waals surface area (Å²) in [6.45, 7) is 2.30. The Morgan fingerprint density at radius 1 is 1.29 bits per heavy atom. The maximum atomic E-state index is 12.1. The van der Waals surface area contributed by atoms with Crippen LogP contribution >= 0.6 is 0 Å². The first kappa shape index (κ1) is 13.7. The smallest absolute Gasteiger partial charge is 0.246 e. The number of hydrogen-bond donors (Lipinski definition) is 1. The van der Waals surface area contributed by atoms with Crippen LogP contribution in [0.2, 0.25) is 0 Å². The molecule has 0 bridgehead atoms. The van der Waals surface area contributed by atoms with Crippen LogP contribution in [0, 0.1) is 0 Å². The molecule has 0 aliphatic carbocycles. The molecular formula is C16H18N2O3. The molecule has 0 aromatic heterocycles. The first-order valence-corrected chi connectivity index (χ1v) is 7.22. The highest BCUT2D eigenvalue weighted by molar-refractivity contribution is 5.92. The van der Waals surface area contributed by atoms with Gasteiger partial charge in [0, 0.05) is 38.6 Å². The number of nitrogens with zero attached hydrogens (tertiary/aromatic N) is 1. The van der Waals surface area contributed by atoms with E-state index in [0.717, 1.165) is 24.3 Å². The van der Waals surface area contributed by atoms with Gasteiger partial charge in [-0.1, -0.05) is 6.07 Å². The Labute approximate surface area is 123 Å². The van der Waals surface area contributed by atoms with E-state index in [9.17, 15) is 9.59 Å². The van der Waals surface area contributed by atoms with Gasteiger partial charge in [-0.15, -0.1) is 0 Å². The van der Waals surface area contributed by atoms with E-state index in [1.807, 2.05) is 18.2 Å². The molecule has 1 N–H and O–H groups in total. The molecule has 2 aliphatic rings. The maximum Gasteiger partial charge on any atom is 0.246 e. The summed E-state index contributed by atoms with van der Waals surface area (Å²) in [5.74, 6) is 0.895. The average molecular weight is 286 g/mol. The van der Waals surface area contributed by atoms with Gasteiger partial charge >= 0.3 is 0 Å². The molecule has 2 aliphatic heterocycles. The zero-order valence-corrected chi connectivity index (χ0v) is 11.8. The van der Waals surface area contributed by atoms with Gasteiger partial charge < -0.3 is 15.0 Å². The van der Waals surface area contributed by atoms with Crippen molar-refractivity contribution >= 4 is 17.9 Å². The van der Waals surface area contributed by atoms with Crippen molar-refractivity contribution in [2.45, 2.75) is 12.8 Å². The Morgan fingerprint density at radius 3 is 3.10 bits per heavy atom. The lowest BCUT2D eigenvalue weighted by Gasteiger charge is -2.17. The largest absolute Gasteiger partial charge is 0.493 e. The lowest BCUT2D eigenvalue weighted by Crippen LogP contribution is -2.32. The van der Waals surface area contributed by atoms with Gasteiger partial charge in [0.15, 0.2) is 0 Å². The van der Waals surface area contributed by atoms with Crippen LogP contribution in [0.1, 0.15) is 17.5 Å². The molecular weight excluding hydrogens is 268 g/mol. The fourth-order valence-corrected chi connectivity index (χ4v) is 2.57. The first-order chi connectivity index (χ1) is 10.2. The van der Waals surface area contributed by atoms with Crippen LogP contribution in [-0.4, -0.2) is 43.0 Å². The normalized spacial score (nSPS) is 18.1. The molecule has 0 radical (unpaired) electrons. The van der Waals surface area contributed by atoms with Crippen LogP contribution in [0.5, 0.6) is 5.75 Å². The van der Waals surface area contributed by atoms with E-state index in [1.54, 1.807) is 11.0 Å². The third-order valence-electron chi connectivity index (χ3n) is 3.76. The van der Waals surface area contributed by atoms with Crippen molar-refractivity contribution in [3.05, 3.63) is 35.4 Å². The molecule has 0 saturated carbocycles. The van der Waals surface area contributed by atoms with E-state index >= 15 is 0 Å². The summed E-state index contributed by atoms with van der Waals surface area (Å²) >= 11 is 0. The molecule has 110 valence electrons. The zero-order chi connectivity index (χ0) is 14.7. The van der Waals surface area contributed by atoms with Crippen molar-refractivity contribution in [2.24, 2.45) is 0 Å². The molecule has 0 atom stereocenters. The van der Waals surface area contributed by atoms with Gasteiger partial charge in [-0.25, -0.2) is 0 Å². The van der Waals surface area contributed by atoms with Crippen molar-refractivity contribution in [1.29, 1.82) is 0 Å². The van der Waals surface area contributed by atoms with Crippen molar-refractivity contribution in [1.82, 2.24) is 10.2 Å². The number of benzene rings is 1. The van der Waals surface area contributed by atoms with E-state index in [2.05, 4.69) is 11.4 Å². The quantitative estimate of drug-likeness (QED) is 0.825. The van der Waals surface area contributed by atoms with Crippen LogP contribution in [0.15, 0.2) is 24.3 Å². The average Bonchev–Trinajstić information content (AvgIpc) is 2.85. The SMILES string of the molecule is O=C1CCN(C(=O)C=Cc2ccc3c(c2)CCO3)CCN1. The van der Waals surface area contributed by atoms with Crippen molar-refractivity contribution in [3.63, 3.8) is 0 Å². The molecule has 5 nitrogen and oxygen atoms in total. The Morgan fingerprint density at radius 2 is 2.19 bits per heavy atom. The van der Waals surface area contributed by atoms with Crippen LogP contribution in [0.25, 0.3) is 6.08 Å². The summed E-state index contributed by atoms with van der Waals surface area (Å²) in [6, 6.07) is 5.95. The number of amides is 2. The second-order valence-corrected chi connectivity index (χ2v) is 5.22. The molecule has 5 heteroatoms. The number of fused-ring (bicyclic) bond motifs is 1. The van der Waals surface area contributed by atoms with Crippen molar-refractivity contribution in [2.75, 3.05) is 26.2 Å². The minimum Gasteiger partial charge on any atom is -0.493 e.